The largest absolute Gasteiger partial charge is 0.394 e. The summed E-state index contributed by atoms with van der Waals surface area (Å²) in [5.74, 6) is -0.533. The maximum absolute atomic E-state index is 9.35. The lowest BCUT2D eigenvalue weighted by molar-refractivity contribution is -0.149. The second-order valence-electron chi connectivity index (χ2n) is 7.57. The molecule has 1 heterocycles. The molecule has 0 saturated carbocycles. The van der Waals surface area contributed by atoms with Crippen LogP contribution < -0.4 is 0 Å². The summed E-state index contributed by atoms with van der Waals surface area (Å²) in [7, 11) is 0. The lowest BCUT2D eigenvalue weighted by atomic mass is 10.0. The van der Waals surface area contributed by atoms with Gasteiger partial charge < -0.3 is 14.6 Å². The fourth-order valence-electron chi connectivity index (χ4n) is 3.49. The molecule has 1 N–H and O–H groups in total. The third kappa shape index (κ3) is 9.69. The molecule has 2 atom stereocenters. The minimum absolute atomic E-state index is 0.0619. The van der Waals surface area contributed by atoms with Crippen molar-refractivity contribution in [2.45, 2.75) is 122 Å². The van der Waals surface area contributed by atoms with Gasteiger partial charge in [-0.1, -0.05) is 84.0 Å². The van der Waals surface area contributed by atoms with Crippen molar-refractivity contribution in [1.29, 1.82) is 0 Å². The highest BCUT2D eigenvalue weighted by molar-refractivity contribution is 4.80. The SMILES string of the molecule is CCCCCCCCCCCCCC[C@H]1OC(C)(C)O[C@@H]1CO. The molecule has 0 radical (unpaired) electrons. The Morgan fingerprint density at radius 3 is 1.61 bits per heavy atom. The van der Waals surface area contributed by atoms with E-state index in [0.29, 0.717) is 0 Å². The van der Waals surface area contributed by atoms with Gasteiger partial charge in [-0.3, -0.25) is 0 Å². The molecule has 1 fully saturated rings. The summed E-state index contributed by atoms with van der Waals surface area (Å²) in [6, 6.07) is 0. The zero-order valence-corrected chi connectivity index (χ0v) is 15.8. The van der Waals surface area contributed by atoms with Gasteiger partial charge in [0.05, 0.1) is 12.7 Å². The quantitative estimate of drug-likeness (QED) is 0.422. The van der Waals surface area contributed by atoms with Crippen LogP contribution in [0.5, 0.6) is 0 Å². The number of ether oxygens (including phenoxy) is 2. The Morgan fingerprint density at radius 2 is 1.13 bits per heavy atom. The van der Waals surface area contributed by atoms with E-state index >= 15 is 0 Å². The summed E-state index contributed by atoms with van der Waals surface area (Å²) in [4.78, 5) is 0. The van der Waals surface area contributed by atoms with Crippen molar-refractivity contribution in [1.82, 2.24) is 0 Å². The summed E-state index contributed by atoms with van der Waals surface area (Å²) in [5.41, 5.74) is 0. The number of hydrogen-bond acceptors (Lipinski definition) is 3. The summed E-state index contributed by atoms with van der Waals surface area (Å²) >= 11 is 0. The van der Waals surface area contributed by atoms with Gasteiger partial charge in [0.25, 0.3) is 0 Å². The normalized spacial score (nSPS) is 23.5. The van der Waals surface area contributed by atoms with Crippen LogP contribution in [0.4, 0.5) is 0 Å². The zero-order valence-electron chi connectivity index (χ0n) is 15.8. The lowest BCUT2D eigenvalue weighted by Crippen LogP contribution is -2.26. The molecular formula is C20H40O3. The first kappa shape index (κ1) is 20.9. The lowest BCUT2D eigenvalue weighted by Gasteiger charge is -2.16. The molecule has 0 aliphatic carbocycles. The fourth-order valence-corrected chi connectivity index (χ4v) is 3.49. The maximum atomic E-state index is 9.35. The fraction of sp³-hybridized carbons (Fsp3) is 1.00. The van der Waals surface area contributed by atoms with Gasteiger partial charge in [0.1, 0.15) is 6.10 Å². The molecule has 23 heavy (non-hydrogen) atoms. The van der Waals surface area contributed by atoms with Crippen LogP contribution in [0.1, 0.15) is 104 Å². The van der Waals surface area contributed by atoms with Crippen LogP contribution in [0.25, 0.3) is 0 Å². The zero-order chi connectivity index (χ0) is 17.0. The summed E-state index contributed by atoms with van der Waals surface area (Å²) in [6.45, 7) is 6.19. The van der Waals surface area contributed by atoms with E-state index in [9.17, 15) is 5.11 Å². The van der Waals surface area contributed by atoms with Crippen LogP contribution in [0.3, 0.4) is 0 Å². The standard InChI is InChI=1S/C20H40O3/c1-4-5-6-7-8-9-10-11-12-13-14-15-16-18-19(17-21)23-20(2,3)22-18/h18-19,21H,4-17H2,1-3H3/t18-,19-/m1/s1. The van der Waals surface area contributed by atoms with Crippen LogP contribution in [0, 0.1) is 0 Å². The Balaban J connectivity index is 1.88. The molecule has 0 aromatic rings. The summed E-state index contributed by atoms with van der Waals surface area (Å²) in [5, 5.41) is 9.35. The monoisotopic (exact) mass is 328 g/mol. The molecule has 3 nitrogen and oxygen atoms in total. The second-order valence-corrected chi connectivity index (χ2v) is 7.57. The molecule has 0 aromatic heterocycles. The molecule has 1 aliphatic heterocycles. The van der Waals surface area contributed by atoms with Gasteiger partial charge in [0.15, 0.2) is 5.79 Å². The number of hydrogen-bond donors (Lipinski definition) is 1. The van der Waals surface area contributed by atoms with E-state index in [4.69, 9.17) is 9.47 Å². The average molecular weight is 329 g/mol. The van der Waals surface area contributed by atoms with E-state index in [1.54, 1.807) is 0 Å². The van der Waals surface area contributed by atoms with E-state index in [2.05, 4.69) is 6.92 Å². The maximum Gasteiger partial charge on any atom is 0.163 e. The molecule has 3 heteroatoms. The van der Waals surface area contributed by atoms with Crippen molar-refractivity contribution < 1.29 is 14.6 Å². The summed E-state index contributed by atoms with van der Waals surface area (Å²) < 4.78 is 11.6. The molecular weight excluding hydrogens is 288 g/mol. The van der Waals surface area contributed by atoms with Gasteiger partial charge in [0.2, 0.25) is 0 Å². The predicted molar refractivity (Wildman–Crippen MR) is 96.6 cm³/mol. The Bertz CT molecular complexity index is 278. The van der Waals surface area contributed by atoms with Gasteiger partial charge >= 0.3 is 0 Å². The van der Waals surface area contributed by atoms with Gasteiger partial charge in [-0.2, -0.15) is 0 Å². The third-order valence-corrected chi connectivity index (χ3v) is 4.81. The van der Waals surface area contributed by atoms with E-state index in [0.717, 1.165) is 6.42 Å². The highest BCUT2D eigenvalue weighted by Gasteiger charge is 2.40. The van der Waals surface area contributed by atoms with Gasteiger partial charge in [-0.05, 0) is 20.3 Å². The summed E-state index contributed by atoms with van der Waals surface area (Å²) in [6.07, 6.45) is 17.3. The van der Waals surface area contributed by atoms with Gasteiger partial charge in [-0.25, -0.2) is 0 Å². The first-order valence-electron chi connectivity index (χ1n) is 10.1. The molecule has 0 bridgehead atoms. The van der Waals surface area contributed by atoms with Crippen LogP contribution >= 0.6 is 0 Å². The van der Waals surface area contributed by atoms with Crippen molar-refractivity contribution in [3.05, 3.63) is 0 Å². The van der Waals surface area contributed by atoms with E-state index < -0.39 is 5.79 Å². The molecule has 1 rings (SSSR count). The van der Waals surface area contributed by atoms with Gasteiger partial charge in [0, 0.05) is 0 Å². The van der Waals surface area contributed by atoms with E-state index in [1.807, 2.05) is 13.8 Å². The van der Waals surface area contributed by atoms with Crippen molar-refractivity contribution in [2.24, 2.45) is 0 Å². The first-order chi connectivity index (χ1) is 11.1. The smallest absolute Gasteiger partial charge is 0.163 e. The molecule has 1 aliphatic rings. The number of aliphatic hydroxyl groups is 1. The van der Waals surface area contributed by atoms with Crippen molar-refractivity contribution in [2.75, 3.05) is 6.61 Å². The van der Waals surface area contributed by atoms with Crippen molar-refractivity contribution in [3.8, 4) is 0 Å². The second kappa shape index (κ2) is 12.3. The van der Waals surface area contributed by atoms with E-state index in [-0.39, 0.29) is 18.8 Å². The third-order valence-electron chi connectivity index (χ3n) is 4.81. The first-order valence-corrected chi connectivity index (χ1v) is 10.1. The highest BCUT2D eigenvalue weighted by atomic mass is 16.8. The average Bonchev–Trinajstić information content (AvgIpc) is 2.82. The van der Waals surface area contributed by atoms with Crippen LogP contribution in [-0.2, 0) is 9.47 Å². The number of rotatable bonds is 14. The Morgan fingerprint density at radius 1 is 0.696 bits per heavy atom. The minimum atomic E-state index is -0.533. The van der Waals surface area contributed by atoms with Crippen LogP contribution in [0.2, 0.25) is 0 Å². The molecule has 0 amide bonds. The number of unbranched alkanes of at least 4 members (excludes halogenated alkanes) is 11. The van der Waals surface area contributed by atoms with E-state index in [1.165, 1.54) is 77.0 Å². The number of aliphatic hydroxyl groups excluding tert-OH is 1. The molecule has 138 valence electrons. The Kier molecular flexibility index (Phi) is 11.2. The van der Waals surface area contributed by atoms with Gasteiger partial charge in [-0.15, -0.1) is 0 Å². The molecule has 1 saturated heterocycles. The topological polar surface area (TPSA) is 38.7 Å². The van der Waals surface area contributed by atoms with Crippen molar-refractivity contribution >= 4 is 0 Å². The molecule has 0 unspecified atom stereocenters. The van der Waals surface area contributed by atoms with Crippen LogP contribution in [-0.4, -0.2) is 29.7 Å². The molecule has 0 spiro atoms. The Hall–Kier alpha value is -0.120. The minimum Gasteiger partial charge on any atom is -0.394 e. The van der Waals surface area contributed by atoms with Crippen molar-refractivity contribution in [3.63, 3.8) is 0 Å². The highest BCUT2D eigenvalue weighted by Crippen LogP contribution is 2.30. The van der Waals surface area contributed by atoms with Crippen LogP contribution in [0.15, 0.2) is 0 Å². The molecule has 0 aromatic carbocycles. The Labute approximate surface area is 144 Å². The predicted octanol–water partition coefficient (Wildman–Crippen LogP) is 5.59.